The largest absolute Gasteiger partial charge is 0.481 e. The van der Waals surface area contributed by atoms with Crippen molar-refractivity contribution < 1.29 is 27.9 Å². The van der Waals surface area contributed by atoms with E-state index in [0.717, 1.165) is 0 Å². The van der Waals surface area contributed by atoms with Crippen LogP contribution in [0.1, 0.15) is 26.2 Å². The van der Waals surface area contributed by atoms with Crippen LogP contribution in [0.4, 0.5) is 0 Å². The minimum absolute atomic E-state index is 0.0186. The van der Waals surface area contributed by atoms with Gasteiger partial charge in [-0.25, -0.2) is 13.1 Å². The zero-order valence-electron chi connectivity index (χ0n) is 9.80. The second-order valence-electron chi connectivity index (χ2n) is 3.62. The van der Waals surface area contributed by atoms with E-state index < -0.39 is 28.0 Å². The van der Waals surface area contributed by atoms with Crippen molar-refractivity contribution in [2.45, 2.75) is 32.2 Å². The minimum atomic E-state index is -3.55. The number of hydrogen-bond acceptors (Lipinski definition) is 5. The first-order valence-corrected chi connectivity index (χ1v) is 6.70. The van der Waals surface area contributed by atoms with Gasteiger partial charge in [-0.2, -0.15) is 0 Å². The van der Waals surface area contributed by atoms with E-state index in [-0.39, 0.29) is 25.0 Å². The Balaban J connectivity index is 4.03. The molecule has 0 heterocycles. The van der Waals surface area contributed by atoms with Crippen LogP contribution in [0.3, 0.4) is 0 Å². The first-order valence-electron chi connectivity index (χ1n) is 5.05. The molecule has 0 radical (unpaired) electrons. The van der Waals surface area contributed by atoms with Gasteiger partial charge >= 0.3 is 11.9 Å². The molecular formula is C9H17NO6S. The smallest absolute Gasteiger partial charge is 0.305 e. The van der Waals surface area contributed by atoms with Crippen LogP contribution in [0.15, 0.2) is 0 Å². The fourth-order valence-electron chi connectivity index (χ4n) is 1.18. The molecule has 0 aromatic heterocycles. The normalized spacial score (nSPS) is 13.1. The molecule has 1 unspecified atom stereocenters. The number of carboxylic acid groups (broad SMARTS) is 1. The van der Waals surface area contributed by atoms with E-state index in [9.17, 15) is 18.0 Å². The zero-order valence-corrected chi connectivity index (χ0v) is 10.6. The summed E-state index contributed by atoms with van der Waals surface area (Å²) < 4.78 is 29.5. The van der Waals surface area contributed by atoms with Gasteiger partial charge < -0.3 is 9.84 Å². The number of rotatable bonds is 8. The molecule has 0 spiro atoms. The lowest BCUT2D eigenvalue weighted by atomic mass is 10.3. The molecule has 0 aromatic rings. The summed E-state index contributed by atoms with van der Waals surface area (Å²) >= 11 is 0. The second kappa shape index (κ2) is 7.23. The highest BCUT2D eigenvalue weighted by molar-refractivity contribution is 7.89. The van der Waals surface area contributed by atoms with Gasteiger partial charge in [0, 0.05) is 12.5 Å². The van der Waals surface area contributed by atoms with E-state index in [0.29, 0.717) is 0 Å². The molecular weight excluding hydrogens is 250 g/mol. The molecule has 0 aliphatic carbocycles. The lowest BCUT2D eigenvalue weighted by Gasteiger charge is -2.11. The van der Waals surface area contributed by atoms with Crippen molar-refractivity contribution in [1.29, 1.82) is 0 Å². The summed E-state index contributed by atoms with van der Waals surface area (Å²) in [6, 6.07) is -0.671. The number of methoxy groups -OCH3 is 1. The lowest BCUT2D eigenvalue weighted by Crippen LogP contribution is -2.35. The molecule has 0 bridgehead atoms. The Morgan fingerprint density at radius 2 is 2.00 bits per heavy atom. The Kier molecular flexibility index (Phi) is 6.74. The molecule has 0 amide bonds. The average molecular weight is 267 g/mol. The van der Waals surface area contributed by atoms with Crippen LogP contribution in [0, 0.1) is 0 Å². The van der Waals surface area contributed by atoms with Gasteiger partial charge in [-0.3, -0.25) is 9.59 Å². The molecule has 8 heteroatoms. The van der Waals surface area contributed by atoms with Crippen LogP contribution in [0.2, 0.25) is 0 Å². The SMILES string of the molecule is COC(=O)CCCS(=O)(=O)NC(C)CC(=O)O. The third-order valence-corrected chi connectivity index (χ3v) is 3.47. The number of carbonyl (C=O) groups is 2. The molecule has 17 heavy (non-hydrogen) atoms. The number of carbonyl (C=O) groups excluding carboxylic acids is 1. The Bertz CT molecular complexity index is 364. The van der Waals surface area contributed by atoms with Gasteiger partial charge in [0.25, 0.3) is 0 Å². The fraction of sp³-hybridized carbons (Fsp3) is 0.778. The molecule has 1 atom stereocenters. The molecule has 0 saturated heterocycles. The van der Waals surface area contributed by atoms with Crippen molar-refractivity contribution in [3.05, 3.63) is 0 Å². The summed E-state index contributed by atoms with van der Waals surface area (Å²) in [6.07, 6.45) is -0.122. The van der Waals surface area contributed by atoms with Crippen LogP contribution in [-0.2, 0) is 24.3 Å². The van der Waals surface area contributed by atoms with Crippen molar-refractivity contribution in [1.82, 2.24) is 4.72 Å². The van der Waals surface area contributed by atoms with Gasteiger partial charge in [-0.1, -0.05) is 0 Å². The maximum Gasteiger partial charge on any atom is 0.305 e. The number of esters is 1. The summed E-state index contributed by atoms with van der Waals surface area (Å²) in [7, 11) is -2.33. The van der Waals surface area contributed by atoms with Crippen molar-refractivity contribution >= 4 is 22.0 Å². The number of ether oxygens (including phenoxy) is 1. The van der Waals surface area contributed by atoms with Crippen LogP contribution >= 0.6 is 0 Å². The van der Waals surface area contributed by atoms with Gasteiger partial charge in [0.2, 0.25) is 10.0 Å². The van der Waals surface area contributed by atoms with Gasteiger partial charge in [0.1, 0.15) is 0 Å². The van der Waals surface area contributed by atoms with E-state index in [1.807, 2.05) is 0 Å². The molecule has 0 rings (SSSR count). The van der Waals surface area contributed by atoms with E-state index in [1.54, 1.807) is 0 Å². The van der Waals surface area contributed by atoms with Crippen LogP contribution in [0.25, 0.3) is 0 Å². The van der Waals surface area contributed by atoms with Crippen LogP contribution in [-0.4, -0.2) is 44.4 Å². The van der Waals surface area contributed by atoms with E-state index >= 15 is 0 Å². The quantitative estimate of drug-likeness (QED) is 0.585. The highest BCUT2D eigenvalue weighted by Gasteiger charge is 2.16. The molecule has 0 fully saturated rings. The van der Waals surface area contributed by atoms with Crippen molar-refractivity contribution in [2.75, 3.05) is 12.9 Å². The average Bonchev–Trinajstić information content (AvgIpc) is 2.14. The highest BCUT2D eigenvalue weighted by atomic mass is 32.2. The third kappa shape index (κ3) is 8.64. The number of hydrogen-bond donors (Lipinski definition) is 2. The Hall–Kier alpha value is -1.15. The van der Waals surface area contributed by atoms with E-state index in [4.69, 9.17) is 5.11 Å². The number of carboxylic acids is 1. The van der Waals surface area contributed by atoms with Crippen LogP contribution < -0.4 is 4.72 Å². The first-order chi connectivity index (χ1) is 7.76. The van der Waals surface area contributed by atoms with E-state index in [2.05, 4.69) is 9.46 Å². The third-order valence-electron chi connectivity index (χ3n) is 1.88. The van der Waals surface area contributed by atoms with Crippen molar-refractivity contribution in [3.63, 3.8) is 0 Å². The second-order valence-corrected chi connectivity index (χ2v) is 5.49. The van der Waals surface area contributed by atoms with Crippen LogP contribution in [0.5, 0.6) is 0 Å². The lowest BCUT2D eigenvalue weighted by molar-refractivity contribution is -0.140. The minimum Gasteiger partial charge on any atom is -0.481 e. The standard InChI is InChI=1S/C9H17NO6S/c1-7(6-8(11)12)10-17(14,15)5-3-4-9(13)16-2/h7,10H,3-6H2,1-2H3,(H,11,12). The van der Waals surface area contributed by atoms with Gasteiger partial charge in [0.05, 0.1) is 19.3 Å². The van der Waals surface area contributed by atoms with Crippen molar-refractivity contribution in [3.8, 4) is 0 Å². The fourth-order valence-corrected chi connectivity index (χ4v) is 2.52. The predicted octanol–water partition coefficient (Wildman–Crippen LogP) is -0.278. The zero-order chi connectivity index (χ0) is 13.5. The molecule has 2 N–H and O–H groups in total. The Labute approximate surface area is 100 Å². The summed E-state index contributed by atoms with van der Waals surface area (Å²) in [5, 5.41) is 8.47. The van der Waals surface area contributed by atoms with E-state index in [1.165, 1.54) is 14.0 Å². The van der Waals surface area contributed by atoms with Gasteiger partial charge in [0.15, 0.2) is 0 Å². The number of sulfonamides is 1. The Morgan fingerprint density at radius 1 is 1.41 bits per heavy atom. The molecule has 7 nitrogen and oxygen atoms in total. The monoisotopic (exact) mass is 267 g/mol. The number of aliphatic carboxylic acids is 1. The van der Waals surface area contributed by atoms with Crippen molar-refractivity contribution in [2.24, 2.45) is 0 Å². The molecule has 0 saturated carbocycles. The topological polar surface area (TPSA) is 110 Å². The summed E-state index contributed by atoms with van der Waals surface area (Å²) in [4.78, 5) is 21.1. The highest BCUT2D eigenvalue weighted by Crippen LogP contribution is 1.99. The van der Waals surface area contributed by atoms with Gasteiger partial charge in [-0.05, 0) is 13.3 Å². The first kappa shape index (κ1) is 15.9. The summed E-state index contributed by atoms with van der Waals surface area (Å²) in [6.45, 7) is 1.46. The molecule has 0 aliphatic rings. The van der Waals surface area contributed by atoms with Gasteiger partial charge in [-0.15, -0.1) is 0 Å². The maximum atomic E-state index is 11.4. The maximum absolute atomic E-state index is 11.4. The summed E-state index contributed by atoms with van der Waals surface area (Å²) in [5.41, 5.74) is 0. The predicted molar refractivity (Wildman–Crippen MR) is 59.9 cm³/mol. The molecule has 0 aromatic carbocycles. The Morgan fingerprint density at radius 3 is 2.47 bits per heavy atom. The molecule has 0 aliphatic heterocycles. The molecule has 100 valence electrons. The summed E-state index contributed by atoms with van der Waals surface area (Å²) in [5.74, 6) is -1.78. The number of nitrogens with one attached hydrogen (secondary N) is 1.